The quantitative estimate of drug-likeness (QED) is 0.175. The van der Waals surface area contributed by atoms with Crippen LogP contribution in [-0.4, -0.2) is 43.3 Å². The van der Waals surface area contributed by atoms with Crippen molar-refractivity contribution >= 4 is 12.1 Å². The maximum Gasteiger partial charge on any atom is 0.410 e. The number of hydrogen-bond acceptors (Lipinski definition) is 4. The smallest absolute Gasteiger partial charge is 0.410 e. The monoisotopic (exact) mass is 425 g/mol. The van der Waals surface area contributed by atoms with Gasteiger partial charge in [-0.3, -0.25) is 4.90 Å². The van der Waals surface area contributed by atoms with Crippen LogP contribution >= 0.6 is 0 Å². The van der Waals surface area contributed by atoms with Gasteiger partial charge in [0.05, 0.1) is 13.7 Å². The van der Waals surface area contributed by atoms with Gasteiger partial charge in [-0.1, -0.05) is 103 Å². The highest BCUT2D eigenvalue weighted by Gasteiger charge is 2.35. The first-order chi connectivity index (χ1) is 14.7. The number of rotatable bonds is 18. The molecule has 0 bridgehead atoms. The van der Waals surface area contributed by atoms with E-state index in [0.29, 0.717) is 19.6 Å². The van der Waals surface area contributed by atoms with Crippen LogP contribution < -0.4 is 0 Å². The fourth-order valence-electron chi connectivity index (χ4n) is 4.27. The number of ether oxygens (including phenoxy) is 2. The third kappa shape index (κ3) is 12.4. The summed E-state index contributed by atoms with van der Waals surface area (Å²) < 4.78 is 10.1. The molecule has 1 atom stereocenters. The van der Waals surface area contributed by atoms with Crippen LogP contribution in [0.5, 0.6) is 0 Å². The van der Waals surface area contributed by atoms with E-state index >= 15 is 0 Å². The second-order valence-corrected chi connectivity index (χ2v) is 8.79. The maximum absolute atomic E-state index is 12.2. The summed E-state index contributed by atoms with van der Waals surface area (Å²) in [4.78, 5) is 25.3. The molecule has 0 aromatic rings. The lowest BCUT2D eigenvalue weighted by Crippen LogP contribution is -2.41. The SMILES string of the molecule is CCCCCCCCCCCCCCCCCCOC(=O)[C@@H]1CCCN1C(=O)OC. The van der Waals surface area contributed by atoms with Gasteiger partial charge in [0.25, 0.3) is 0 Å². The molecule has 0 saturated carbocycles. The van der Waals surface area contributed by atoms with Gasteiger partial charge in [-0.05, 0) is 19.3 Å². The van der Waals surface area contributed by atoms with Crippen molar-refractivity contribution in [2.75, 3.05) is 20.3 Å². The number of unbranched alkanes of at least 4 members (excludes halogenated alkanes) is 15. The van der Waals surface area contributed by atoms with Crippen molar-refractivity contribution in [2.24, 2.45) is 0 Å². The standard InChI is InChI=1S/C25H47NO4/c1-3-4-5-6-7-8-9-10-11-12-13-14-15-16-17-18-22-30-24(27)23-20-19-21-26(23)25(28)29-2/h23H,3-22H2,1-2H3/t23-/m0/s1. The second-order valence-electron chi connectivity index (χ2n) is 8.79. The minimum absolute atomic E-state index is 0.279. The topological polar surface area (TPSA) is 55.8 Å². The maximum atomic E-state index is 12.2. The van der Waals surface area contributed by atoms with Gasteiger partial charge < -0.3 is 9.47 Å². The average molecular weight is 426 g/mol. The van der Waals surface area contributed by atoms with Gasteiger partial charge >= 0.3 is 12.1 Å². The Morgan fingerprint density at radius 3 is 1.70 bits per heavy atom. The lowest BCUT2D eigenvalue weighted by Gasteiger charge is -2.21. The summed E-state index contributed by atoms with van der Waals surface area (Å²) in [5.41, 5.74) is 0. The molecule has 0 aromatic carbocycles. The summed E-state index contributed by atoms with van der Waals surface area (Å²) in [7, 11) is 1.35. The summed E-state index contributed by atoms with van der Waals surface area (Å²) in [6.07, 6.45) is 22.3. The molecule has 1 fully saturated rings. The van der Waals surface area contributed by atoms with E-state index in [0.717, 1.165) is 19.3 Å². The van der Waals surface area contributed by atoms with E-state index in [-0.39, 0.29) is 5.97 Å². The molecule has 1 aliphatic heterocycles. The summed E-state index contributed by atoms with van der Waals surface area (Å²) in [6, 6.07) is -0.460. The first kappa shape index (κ1) is 26.8. The third-order valence-electron chi connectivity index (χ3n) is 6.18. The Bertz CT molecular complexity index is 441. The van der Waals surface area contributed by atoms with Crippen molar-refractivity contribution in [3.63, 3.8) is 0 Å². The van der Waals surface area contributed by atoms with Crippen molar-refractivity contribution in [1.29, 1.82) is 0 Å². The largest absolute Gasteiger partial charge is 0.464 e. The predicted molar refractivity (Wildman–Crippen MR) is 123 cm³/mol. The van der Waals surface area contributed by atoms with E-state index in [9.17, 15) is 9.59 Å². The Labute approximate surface area is 185 Å². The van der Waals surface area contributed by atoms with E-state index in [1.54, 1.807) is 0 Å². The molecule has 176 valence electrons. The molecule has 0 unspecified atom stereocenters. The molecule has 0 aromatic heterocycles. The van der Waals surface area contributed by atoms with Gasteiger partial charge in [-0.15, -0.1) is 0 Å². The second kappa shape index (κ2) is 18.5. The minimum Gasteiger partial charge on any atom is -0.464 e. The van der Waals surface area contributed by atoms with Gasteiger partial charge in [-0.25, -0.2) is 9.59 Å². The van der Waals surface area contributed by atoms with E-state index in [1.165, 1.54) is 102 Å². The summed E-state index contributed by atoms with van der Waals surface area (Å²) in [5.74, 6) is -0.279. The van der Waals surface area contributed by atoms with Crippen molar-refractivity contribution < 1.29 is 19.1 Å². The molecule has 0 N–H and O–H groups in total. The number of methoxy groups -OCH3 is 1. The molecule has 1 amide bonds. The van der Waals surface area contributed by atoms with E-state index < -0.39 is 12.1 Å². The molecule has 1 saturated heterocycles. The molecule has 1 aliphatic rings. The summed E-state index contributed by atoms with van der Waals surface area (Å²) in [5, 5.41) is 0. The Kier molecular flexibility index (Phi) is 16.5. The summed E-state index contributed by atoms with van der Waals surface area (Å²) in [6.45, 7) is 3.31. The van der Waals surface area contributed by atoms with Crippen LogP contribution in [0.3, 0.4) is 0 Å². The van der Waals surface area contributed by atoms with Crippen molar-refractivity contribution in [3.05, 3.63) is 0 Å². The molecule has 5 nitrogen and oxygen atoms in total. The van der Waals surface area contributed by atoms with E-state index in [4.69, 9.17) is 9.47 Å². The van der Waals surface area contributed by atoms with Crippen LogP contribution in [0.4, 0.5) is 4.79 Å². The predicted octanol–water partition coefficient (Wildman–Crippen LogP) is 7.02. The zero-order valence-electron chi connectivity index (χ0n) is 19.8. The van der Waals surface area contributed by atoms with Crippen molar-refractivity contribution in [1.82, 2.24) is 4.90 Å². The highest BCUT2D eigenvalue weighted by molar-refractivity contribution is 5.82. The Morgan fingerprint density at radius 2 is 1.23 bits per heavy atom. The molecule has 1 heterocycles. The average Bonchev–Trinajstić information content (AvgIpc) is 3.25. The van der Waals surface area contributed by atoms with Crippen molar-refractivity contribution in [3.8, 4) is 0 Å². The molecule has 30 heavy (non-hydrogen) atoms. The number of esters is 1. The van der Waals surface area contributed by atoms with Gasteiger partial charge in [0.2, 0.25) is 0 Å². The van der Waals surface area contributed by atoms with Crippen LogP contribution in [0.25, 0.3) is 0 Å². The molecule has 1 rings (SSSR count). The summed E-state index contributed by atoms with van der Waals surface area (Å²) >= 11 is 0. The van der Waals surface area contributed by atoms with Crippen LogP contribution in [0.15, 0.2) is 0 Å². The van der Waals surface area contributed by atoms with Crippen molar-refractivity contribution in [2.45, 2.75) is 129 Å². The zero-order chi connectivity index (χ0) is 21.9. The zero-order valence-corrected chi connectivity index (χ0v) is 19.8. The molecule has 5 heteroatoms. The number of hydrogen-bond donors (Lipinski definition) is 0. The normalized spacial score (nSPS) is 16.1. The number of carbonyl (C=O) groups is 2. The first-order valence-electron chi connectivity index (χ1n) is 12.7. The molecule has 0 aliphatic carbocycles. The Morgan fingerprint density at radius 1 is 0.767 bits per heavy atom. The van der Waals surface area contributed by atoms with Gasteiger partial charge in [0, 0.05) is 6.54 Å². The fourth-order valence-corrected chi connectivity index (χ4v) is 4.27. The molecular weight excluding hydrogens is 378 g/mol. The van der Waals surface area contributed by atoms with E-state index in [2.05, 4.69) is 6.92 Å². The van der Waals surface area contributed by atoms with E-state index in [1.807, 2.05) is 0 Å². The fraction of sp³-hybridized carbons (Fsp3) is 0.920. The highest BCUT2D eigenvalue weighted by Crippen LogP contribution is 2.19. The molecule has 0 spiro atoms. The lowest BCUT2D eigenvalue weighted by molar-refractivity contribution is -0.148. The minimum atomic E-state index is -0.460. The van der Waals surface area contributed by atoms with Crippen LogP contribution in [0.1, 0.15) is 122 Å². The van der Waals surface area contributed by atoms with Crippen LogP contribution in [0, 0.1) is 0 Å². The number of likely N-dealkylation sites (tertiary alicyclic amines) is 1. The Balaban J connectivity index is 1.83. The van der Waals surface area contributed by atoms with Gasteiger partial charge in [0.1, 0.15) is 6.04 Å². The van der Waals surface area contributed by atoms with Crippen LogP contribution in [-0.2, 0) is 14.3 Å². The highest BCUT2D eigenvalue weighted by atomic mass is 16.6. The number of carbonyl (C=O) groups excluding carboxylic acids is 2. The lowest BCUT2D eigenvalue weighted by atomic mass is 10.0. The molecule has 0 radical (unpaired) electrons. The molecular formula is C25H47NO4. The number of amides is 1. The Hall–Kier alpha value is -1.26. The third-order valence-corrected chi connectivity index (χ3v) is 6.18. The van der Waals surface area contributed by atoms with Crippen LogP contribution in [0.2, 0.25) is 0 Å². The van der Waals surface area contributed by atoms with Gasteiger partial charge in [-0.2, -0.15) is 0 Å². The van der Waals surface area contributed by atoms with Gasteiger partial charge in [0.15, 0.2) is 0 Å². The first-order valence-corrected chi connectivity index (χ1v) is 12.7. The number of nitrogens with zero attached hydrogens (tertiary/aromatic N) is 1.